The van der Waals surface area contributed by atoms with Crippen molar-refractivity contribution in [2.24, 2.45) is 10.9 Å². The van der Waals surface area contributed by atoms with Crippen molar-refractivity contribution in [2.45, 2.75) is 45.6 Å². The van der Waals surface area contributed by atoms with Crippen LogP contribution in [0.3, 0.4) is 0 Å². The molecular formula is C18H33IN4O2S. The monoisotopic (exact) mass is 496 g/mol. The number of ether oxygens (including phenoxy) is 2. The zero-order chi connectivity index (χ0) is 18.1. The van der Waals surface area contributed by atoms with Crippen LogP contribution in [0.5, 0.6) is 0 Å². The van der Waals surface area contributed by atoms with Gasteiger partial charge in [0.1, 0.15) is 5.01 Å². The third kappa shape index (κ3) is 8.49. The largest absolute Gasteiger partial charge is 0.381 e. The van der Waals surface area contributed by atoms with Crippen LogP contribution in [0.25, 0.3) is 0 Å². The van der Waals surface area contributed by atoms with Crippen LogP contribution >= 0.6 is 35.3 Å². The number of thiazole rings is 1. The van der Waals surface area contributed by atoms with Crippen molar-refractivity contribution >= 4 is 41.3 Å². The molecule has 0 amide bonds. The molecule has 150 valence electrons. The van der Waals surface area contributed by atoms with Crippen molar-refractivity contribution in [3.63, 3.8) is 0 Å². The van der Waals surface area contributed by atoms with Crippen LogP contribution in [0.4, 0.5) is 0 Å². The summed E-state index contributed by atoms with van der Waals surface area (Å²) in [6.07, 6.45) is 2.09. The zero-order valence-electron chi connectivity index (χ0n) is 16.3. The molecule has 1 unspecified atom stereocenters. The van der Waals surface area contributed by atoms with Crippen LogP contribution in [0.2, 0.25) is 0 Å². The molecule has 1 aliphatic heterocycles. The molecule has 1 aromatic heterocycles. The first kappa shape index (κ1) is 23.6. The number of nitrogens with one attached hydrogen (secondary N) is 2. The van der Waals surface area contributed by atoms with Gasteiger partial charge in [-0.1, -0.05) is 20.8 Å². The van der Waals surface area contributed by atoms with Crippen molar-refractivity contribution < 1.29 is 9.47 Å². The molecular weight excluding hydrogens is 463 g/mol. The Bertz CT molecular complexity index is 540. The Morgan fingerprint density at radius 2 is 2.23 bits per heavy atom. The fourth-order valence-corrected chi connectivity index (χ4v) is 3.42. The summed E-state index contributed by atoms with van der Waals surface area (Å²) in [7, 11) is 1.79. The van der Waals surface area contributed by atoms with Gasteiger partial charge in [0, 0.05) is 43.5 Å². The summed E-state index contributed by atoms with van der Waals surface area (Å²) in [5.41, 5.74) is 1.24. The van der Waals surface area contributed by atoms with Gasteiger partial charge in [-0.05, 0) is 12.8 Å². The van der Waals surface area contributed by atoms with Crippen molar-refractivity contribution in [3.05, 3.63) is 16.1 Å². The Kier molecular flexibility index (Phi) is 11.0. The predicted molar refractivity (Wildman–Crippen MR) is 119 cm³/mol. The molecule has 2 heterocycles. The van der Waals surface area contributed by atoms with Gasteiger partial charge in [-0.2, -0.15) is 0 Å². The van der Waals surface area contributed by atoms with E-state index in [1.807, 2.05) is 0 Å². The minimum Gasteiger partial charge on any atom is -0.381 e. The molecule has 1 atom stereocenters. The first-order valence-corrected chi connectivity index (χ1v) is 9.92. The number of guanidine groups is 1. The van der Waals surface area contributed by atoms with Crippen LogP contribution in [-0.4, -0.2) is 51.0 Å². The quantitative estimate of drug-likeness (QED) is 0.251. The standard InChI is InChI=1S/C18H32N4O2S.HI/c1-18(2,3)15-13-25-16(22-15)10-21-17(19-4)20-7-5-8-23-11-14-6-9-24-12-14;/h13-14H,5-12H2,1-4H3,(H2,19,20,21);1H. The lowest BCUT2D eigenvalue weighted by Crippen LogP contribution is -2.37. The molecule has 26 heavy (non-hydrogen) atoms. The highest BCUT2D eigenvalue weighted by Gasteiger charge is 2.17. The fourth-order valence-electron chi connectivity index (χ4n) is 2.46. The van der Waals surface area contributed by atoms with Gasteiger partial charge in [0.05, 0.1) is 25.5 Å². The molecule has 1 saturated heterocycles. The Balaban J connectivity index is 0.00000338. The van der Waals surface area contributed by atoms with Crippen LogP contribution < -0.4 is 10.6 Å². The third-order valence-corrected chi connectivity index (χ3v) is 4.94. The summed E-state index contributed by atoms with van der Waals surface area (Å²) >= 11 is 1.69. The highest BCUT2D eigenvalue weighted by atomic mass is 127. The van der Waals surface area contributed by atoms with E-state index in [0.29, 0.717) is 12.5 Å². The lowest BCUT2D eigenvalue weighted by molar-refractivity contribution is 0.0888. The van der Waals surface area contributed by atoms with Gasteiger partial charge in [0.2, 0.25) is 0 Å². The number of hydrogen-bond donors (Lipinski definition) is 2. The van der Waals surface area contributed by atoms with Crippen LogP contribution in [0, 0.1) is 5.92 Å². The van der Waals surface area contributed by atoms with Crippen LogP contribution in [0.15, 0.2) is 10.4 Å². The molecule has 1 aromatic rings. The molecule has 0 aliphatic carbocycles. The highest BCUT2D eigenvalue weighted by molar-refractivity contribution is 14.0. The first-order valence-electron chi connectivity index (χ1n) is 9.04. The van der Waals surface area contributed by atoms with Gasteiger partial charge >= 0.3 is 0 Å². The van der Waals surface area contributed by atoms with Gasteiger partial charge in [-0.3, -0.25) is 4.99 Å². The molecule has 2 rings (SSSR count). The first-order chi connectivity index (χ1) is 12.0. The van der Waals surface area contributed by atoms with E-state index < -0.39 is 0 Å². The van der Waals surface area contributed by atoms with Crippen molar-refractivity contribution in [2.75, 3.05) is 40.0 Å². The van der Waals surface area contributed by atoms with E-state index in [4.69, 9.17) is 9.47 Å². The second-order valence-electron chi connectivity index (χ2n) is 7.39. The van der Waals surface area contributed by atoms with E-state index in [1.54, 1.807) is 18.4 Å². The van der Waals surface area contributed by atoms with E-state index in [2.05, 4.69) is 46.8 Å². The van der Waals surface area contributed by atoms with E-state index in [0.717, 1.165) is 62.5 Å². The smallest absolute Gasteiger partial charge is 0.191 e. The Morgan fingerprint density at radius 1 is 1.42 bits per heavy atom. The lowest BCUT2D eigenvalue weighted by atomic mass is 9.93. The average Bonchev–Trinajstić information content (AvgIpc) is 3.24. The zero-order valence-corrected chi connectivity index (χ0v) is 19.5. The van der Waals surface area contributed by atoms with E-state index in [1.165, 1.54) is 0 Å². The second-order valence-corrected chi connectivity index (χ2v) is 8.33. The molecule has 0 radical (unpaired) electrons. The highest BCUT2D eigenvalue weighted by Crippen LogP contribution is 2.23. The third-order valence-electron chi connectivity index (χ3n) is 4.09. The molecule has 0 bridgehead atoms. The second kappa shape index (κ2) is 12.1. The predicted octanol–water partition coefficient (Wildman–Crippen LogP) is 3.17. The summed E-state index contributed by atoms with van der Waals surface area (Å²) in [6.45, 7) is 11.4. The number of nitrogens with zero attached hydrogens (tertiary/aromatic N) is 2. The molecule has 0 aromatic carbocycles. The van der Waals surface area contributed by atoms with Crippen molar-refractivity contribution in [1.82, 2.24) is 15.6 Å². The molecule has 0 saturated carbocycles. The average molecular weight is 496 g/mol. The Hall–Kier alpha value is -0.450. The number of aromatic nitrogens is 1. The number of hydrogen-bond acceptors (Lipinski definition) is 5. The molecule has 8 heteroatoms. The summed E-state index contributed by atoms with van der Waals surface area (Å²) in [5, 5.41) is 9.85. The number of rotatable bonds is 8. The maximum Gasteiger partial charge on any atom is 0.191 e. The molecule has 1 fully saturated rings. The Labute approximate surface area is 178 Å². The van der Waals surface area contributed by atoms with Gasteiger partial charge < -0.3 is 20.1 Å². The molecule has 2 N–H and O–H groups in total. The minimum absolute atomic E-state index is 0. The molecule has 6 nitrogen and oxygen atoms in total. The fraction of sp³-hybridized carbons (Fsp3) is 0.778. The van der Waals surface area contributed by atoms with Crippen LogP contribution in [-0.2, 0) is 21.4 Å². The molecule has 1 aliphatic rings. The summed E-state index contributed by atoms with van der Waals surface area (Å²) in [6, 6.07) is 0. The van der Waals surface area contributed by atoms with E-state index >= 15 is 0 Å². The lowest BCUT2D eigenvalue weighted by Gasteiger charge is -2.14. The van der Waals surface area contributed by atoms with Crippen molar-refractivity contribution in [3.8, 4) is 0 Å². The maximum absolute atomic E-state index is 5.71. The summed E-state index contributed by atoms with van der Waals surface area (Å²) in [4.78, 5) is 8.94. The van der Waals surface area contributed by atoms with E-state index in [9.17, 15) is 0 Å². The molecule has 0 spiro atoms. The van der Waals surface area contributed by atoms with E-state index in [-0.39, 0.29) is 29.4 Å². The SMILES string of the molecule is CN=C(NCCCOCC1CCOC1)NCc1nc(C(C)(C)C)cs1.I. The van der Waals surface area contributed by atoms with Gasteiger partial charge in [0.25, 0.3) is 0 Å². The van der Waals surface area contributed by atoms with Crippen molar-refractivity contribution in [1.29, 1.82) is 0 Å². The normalized spacial score (nSPS) is 17.8. The van der Waals surface area contributed by atoms with Gasteiger partial charge in [0.15, 0.2) is 5.96 Å². The summed E-state index contributed by atoms with van der Waals surface area (Å²) in [5.74, 6) is 1.38. The number of aliphatic imine (C=N–C) groups is 1. The van der Waals surface area contributed by atoms with Crippen LogP contribution in [0.1, 0.15) is 44.3 Å². The minimum atomic E-state index is 0. The topological polar surface area (TPSA) is 67.8 Å². The maximum atomic E-state index is 5.71. The van der Waals surface area contributed by atoms with Gasteiger partial charge in [-0.25, -0.2) is 4.98 Å². The number of halogens is 1. The summed E-state index contributed by atoms with van der Waals surface area (Å²) < 4.78 is 11.1. The Morgan fingerprint density at radius 3 is 2.85 bits per heavy atom. The van der Waals surface area contributed by atoms with Gasteiger partial charge in [-0.15, -0.1) is 35.3 Å².